The van der Waals surface area contributed by atoms with E-state index in [1.165, 1.54) is 6.08 Å². The Bertz CT molecular complexity index is 259. The SMILES string of the molecule is C=C1CC(C)(C)C(CO)=CC1=O. The second-order valence-corrected chi connectivity index (χ2v) is 3.86. The standard InChI is InChI=1S/C10H14O2/c1-7-5-10(2,3)8(6-11)4-9(7)12/h4,11H,1,5-6H2,2-3H3. The average Bonchev–Trinajstić information content (AvgIpc) is 1.96. The van der Waals surface area contributed by atoms with Crippen molar-refractivity contribution in [2.45, 2.75) is 20.3 Å². The first kappa shape index (κ1) is 9.20. The smallest absolute Gasteiger partial charge is 0.181 e. The maximum Gasteiger partial charge on any atom is 0.181 e. The molecule has 12 heavy (non-hydrogen) atoms. The van der Waals surface area contributed by atoms with Crippen LogP contribution in [0.4, 0.5) is 0 Å². The molecule has 0 radical (unpaired) electrons. The molecule has 0 spiro atoms. The molecule has 0 aliphatic heterocycles. The predicted molar refractivity (Wildman–Crippen MR) is 47.7 cm³/mol. The molecule has 0 atom stereocenters. The van der Waals surface area contributed by atoms with E-state index in [0.717, 1.165) is 5.57 Å². The summed E-state index contributed by atoms with van der Waals surface area (Å²) in [7, 11) is 0. The van der Waals surface area contributed by atoms with Gasteiger partial charge in [0.2, 0.25) is 0 Å². The molecule has 0 saturated carbocycles. The first-order valence-electron chi connectivity index (χ1n) is 4.01. The van der Waals surface area contributed by atoms with Gasteiger partial charge in [0, 0.05) is 0 Å². The van der Waals surface area contributed by atoms with E-state index < -0.39 is 0 Å². The summed E-state index contributed by atoms with van der Waals surface area (Å²) in [6, 6.07) is 0. The monoisotopic (exact) mass is 166 g/mol. The van der Waals surface area contributed by atoms with Crippen molar-refractivity contribution in [1.82, 2.24) is 0 Å². The Labute approximate surface area is 72.6 Å². The minimum Gasteiger partial charge on any atom is -0.392 e. The van der Waals surface area contributed by atoms with Gasteiger partial charge in [-0.3, -0.25) is 4.79 Å². The zero-order chi connectivity index (χ0) is 9.35. The van der Waals surface area contributed by atoms with Crippen LogP contribution in [-0.4, -0.2) is 17.5 Å². The summed E-state index contributed by atoms with van der Waals surface area (Å²) in [5, 5.41) is 8.98. The molecule has 0 fully saturated rings. The highest BCUT2D eigenvalue weighted by Crippen LogP contribution is 2.36. The van der Waals surface area contributed by atoms with Crippen LogP contribution >= 0.6 is 0 Å². The third kappa shape index (κ3) is 1.48. The number of aliphatic hydroxyl groups is 1. The van der Waals surface area contributed by atoms with E-state index in [4.69, 9.17) is 5.11 Å². The van der Waals surface area contributed by atoms with E-state index in [1.54, 1.807) is 0 Å². The van der Waals surface area contributed by atoms with Gasteiger partial charge in [-0.1, -0.05) is 20.4 Å². The summed E-state index contributed by atoms with van der Waals surface area (Å²) in [5.74, 6) is -0.0432. The van der Waals surface area contributed by atoms with Gasteiger partial charge in [-0.2, -0.15) is 0 Å². The fraction of sp³-hybridized carbons (Fsp3) is 0.500. The van der Waals surface area contributed by atoms with Crippen molar-refractivity contribution < 1.29 is 9.90 Å². The Morgan fingerprint density at radius 2 is 2.25 bits per heavy atom. The maximum atomic E-state index is 11.2. The highest BCUT2D eigenvalue weighted by atomic mass is 16.3. The quantitative estimate of drug-likeness (QED) is 0.599. The molecular weight excluding hydrogens is 152 g/mol. The normalized spacial score (nSPS) is 22.4. The number of ketones is 1. The van der Waals surface area contributed by atoms with Crippen molar-refractivity contribution in [2.24, 2.45) is 5.41 Å². The van der Waals surface area contributed by atoms with E-state index >= 15 is 0 Å². The van der Waals surface area contributed by atoms with Gasteiger partial charge in [-0.05, 0) is 29.1 Å². The van der Waals surface area contributed by atoms with Crippen molar-refractivity contribution in [1.29, 1.82) is 0 Å². The zero-order valence-electron chi connectivity index (χ0n) is 7.55. The Balaban J connectivity index is 3.04. The molecule has 1 rings (SSSR count). The van der Waals surface area contributed by atoms with E-state index in [-0.39, 0.29) is 17.8 Å². The molecule has 0 aromatic carbocycles. The Morgan fingerprint density at radius 3 is 2.75 bits per heavy atom. The number of carbonyl (C=O) groups is 1. The molecule has 66 valence electrons. The Morgan fingerprint density at radius 1 is 1.67 bits per heavy atom. The fourth-order valence-electron chi connectivity index (χ4n) is 1.45. The number of hydrogen-bond acceptors (Lipinski definition) is 2. The lowest BCUT2D eigenvalue weighted by Gasteiger charge is -2.30. The van der Waals surface area contributed by atoms with Gasteiger partial charge >= 0.3 is 0 Å². The molecule has 1 N–H and O–H groups in total. The van der Waals surface area contributed by atoms with Crippen molar-refractivity contribution in [3.05, 3.63) is 23.8 Å². The lowest BCUT2D eigenvalue weighted by molar-refractivity contribution is -0.112. The van der Waals surface area contributed by atoms with Gasteiger partial charge in [0.1, 0.15) is 0 Å². The van der Waals surface area contributed by atoms with Gasteiger partial charge in [-0.25, -0.2) is 0 Å². The Hall–Kier alpha value is -0.890. The Kier molecular flexibility index (Phi) is 2.20. The summed E-state index contributed by atoms with van der Waals surface area (Å²) in [6.45, 7) is 7.66. The number of carbonyl (C=O) groups excluding carboxylic acids is 1. The number of hydrogen-bond donors (Lipinski definition) is 1. The maximum absolute atomic E-state index is 11.2. The van der Waals surface area contributed by atoms with Crippen LogP contribution in [0.2, 0.25) is 0 Å². The van der Waals surface area contributed by atoms with Gasteiger partial charge in [0.05, 0.1) is 6.61 Å². The van der Waals surface area contributed by atoms with Crippen LogP contribution in [0.25, 0.3) is 0 Å². The van der Waals surface area contributed by atoms with Crippen LogP contribution in [0.1, 0.15) is 20.3 Å². The number of rotatable bonds is 1. The molecule has 0 bridgehead atoms. The zero-order valence-corrected chi connectivity index (χ0v) is 7.55. The molecule has 0 unspecified atom stereocenters. The summed E-state index contributed by atoms with van der Waals surface area (Å²) in [4.78, 5) is 11.2. The molecule has 0 saturated heterocycles. The molecule has 0 heterocycles. The minimum atomic E-state index is -0.111. The molecule has 0 amide bonds. The van der Waals surface area contributed by atoms with Gasteiger partial charge in [0.25, 0.3) is 0 Å². The minimum absolute atomic E-state index is 0.0357. The first-order valence-corrected chi connectivity index (χ1v) is 4.01. The van der Waals surface area contributed by atoms with Crippen LogP contribution in [0, 0.1) is 5.41 Å². The van der Waals surface area contributed by atoms with Crippen LogP contribution in [0.5, 0.6) is 0 Å². The first-order chi connectivity index (χ1) is 5.47. The van der Waals surface area contributed by atoms with E-state index in [9.17, 15) is 4.79 Å². The lowest BCUT2D eigenvalue weighted by atomic mass is 9.74. The summed E-state index contributed by atoms with van der Waals surface area (Å²) >= 11 is 0. The van der Waals surface area contributed by atoms with Crippen LogP contribution in [-0.2, 0) is 4.79 Å². The topological polar surface area (TPSA) is 37.3 Å². The highest BCUT2D eigenvalue weighted by molar-refractivity contribution is 6.05. The summed E-state index contributed by atoms with van der Waals surface area (Å²) in [5.41, 5.74) is 1.33. The van der Waals surface area contributed by atoms with Crippen molar-refractivity contribution in [3.8, 4) is 0 Å². The molecule has 2 heteroatoms. The van der Waals surface area contributed by atoms with E-state index in [0.29, 0.717) is 12.0 Å². The third-order valence-corrected chi connectivity index (χ3v) is 2.35. The second kappa shape index (κ2) is 2.87. The van der Waals surface area contributed by atoms with Crippen LogP contribution in [0.15, 0.2) is 23.8 Å². The molecule has 1 aliphatic carbocycles. The van der Waals surface area contributed by atoms with Crippen molar-refractivity contribution in [2.75, 3.05) is 6.61 Å². The molecule has 0 aromatic rings. The molecule has 0 aromatic heterocycles. The van der Waals surface area contributed by atoms with Gasteiger partial charge in [-0.15, -0.1) is 0 Å². The second-order valence-electron chi connectivity index (χ2n) is 3.86. The molecular formula is C10H14O2. The predicted octanol–water partition coefficient (Wildman–Crippen LogP) is 1.46. The number of allylic oxidation sites excluding steroid dienone is 2. The van der Waals surface area contributed by atoms with Crippen molar-refractivity contribution >= 4 is 5.78 Å². The van der Waals surface area contributed by atoms with Crippen molar-refractivity contribution in [3.63, 3.8) is 0 Å². The third-order valence-electron chi connectivity index (χ3n) is 2.35. The largest absolute Gasteiger partial charge is 0.392 e. The fourth-order valence-corrected chi connectivity index (χ4v) is 1.45. The van der Waals surface area contributed by atoms with Gasteiger partial charge < -0.3 is 5.11 Å². The lowest BCUT2D eigenvalue weighted by Crippen LogP contribution is -2.25. The summed E-state index contributed by atoms with van der Waals surface area (Å²) in [6.07, 6.45) is 2.16. The van der Waals surface area contributed by atoms with Gasteiger partial charge in [0.15, 0.2) is 5.78 Å². The molecule has 1 aliphatic rings. The van der Waals surface area contributed by atoms with Crippen LogP contribution in [0.3, 0.4) is 0 Å². The summed E-state index contributed by atoms with van der Waals surface area (Å²) < 4.78 is 0. The van der Waals surface area contributed by atoms with Crippen LogP contribution < -0.4 is 0 Å². The van der Waals surface area contributed by atoms with E-state index in [2.05, 4.69) is 6.58 Å². The van der Waals surface area contributed by atoms with E-state index in [1.807, 2.05) is 13.8 Å². The number of aliphatic hydroxyl groups excluding tert-OH is 1. The highest BCUT2D eigenvalue weighted by Gasteiger charge is 2.30. The average molecular weight is 166 g/mol. The molecule has 2 nitrogen and oxygen atoms in total.